The highest BCUT2D eigenvalue weighted by molar-refractivity contribution is 6.30. The van der Waals surface area contributed by atoms with Gasteiger partial charge in [-0.3, -0.25) is 4.90 Å². The van der Waals surface area contributed by atoms with Crippen molar-refractivity contribution in [2.75, 3.05) is 45.3 Å². The van der Waals surface area contributed by atoms with E-state index in [1.165, 1.54) is 12.1 Å². The second kappa shape index (κ2) is 6.41. The Labute approximate surface area is 114 Å². The monoisotopic (exact) mass is 268 g/mol. The van der Waals surface area contributed by atoms with Crippen LogP contribution in [0, 0.1) is 0 Å². The zero-order valence-electron chi connectivity index (χ0n) is 11.1. The number of ether oxygens (including phenoxy) is 1. The third kappa shape index (κ3) is 3.37. The minimum atomic E-state index is 0.621. The molecule has 1 aliphatic rings. The molecule has 0 aliphatic carbocycles. The molecule has 0 radical (unpaired) electrons. The number of hydrogen-bond donors (Lipinski definition) is 0. The molecule has 1 aromatic rings. The molecule has 100 valence electrons. The molecule has 0 amide bonds. The predicted octanol–water partition coefficient (Wildman–Crippen LogP) is 2.50. The van der Waals surface area contributed by atoms with Gasteiger partial charge in [0.05, 0.1) is 6.61 Å². The van der Waals surface area contributed by atoms with Crippen LogP contribution in [0.25, 0.3) is 0 Å². The summed E-state index contributed by atoms with van der Waals surface area (Å²) in [5.41, 5.74) is 1.27. The minimum Gasteiger partial charge on any atom is -0.383 e. The Bertz CT molecular complexity index is 369. The number of hydrogen-bond acceptors (Lipinski definition) is 3. The maximum atomic E-state index is 5.91. The summed E-state index contributed by atoms with van der Waals surface area (Å²) in [6.07, 6.45) is 1.21. The van der Waals surface area contributed by atoms with Gasteiger partial charge in [0.2, 0.25) is 0 Å². The van der Waals surface area contributed by atoms with Gasteiger partial charge in [0.1, 0.15) is 0 Å². The van der Waals surface area contributed by atoms with E-state index < -0.39 is 0 Å². The first-order valence-electron chi connectivity index (χ1n) is 6.40. The van der Waals surface area contributed by atoms with Gasteiger partial charge in [0.15, 0.2) is 0 Å². The SMILES string of the molecule is COCCN(C)[C@@H]1CCN(c2ccc(Cl)cc2)C1. The molecule has 2 rings (SSSR count). The van der Waals surface area contributed by atoms with Crippen LogP contribution < -0.4 is 4.90 Å². The van der Waals surface area contributed by atoms with Crippen LogP contribution in [0.15, 0.2) is 24.3 Å². The van der Waals surface area contributed by atoms with Crippen LogP contribution in [-0.4, -0.2) is 51.3 Å². The van der Waals surface area contributed by atoms with Crippen LogP contribution in [0.4, 0.5) is 5.69 Å². The van der Waals surface area contributed by atoms with Crippen LogP contribution in [0.3, 0.4) is 0 Å². The maximum Gasteiger partial charge on any atom is 0.0589 e. The smallest absolute Gasteiger partial charge is 0.0589 e. The lowest BCUT2D eigenvalue weighted by Crippen LogP contribution is -2.36. The first-order chi connectivity index (χ1) is 8.70. The van der Waals surface area contributed by atoms with Gasteiger partial charge in [-0.1, -0.05) is 11.6 Å². The fourth-order valence-corrected chi connectivity index (χ4v) is 2.53. The van der Waals surface area contributed by atoms with E-state index in [1.807, 2.05) is 12.1 Å². The summed E-state index contributed by atoms with van der Waals surface area (Å²) in [7, 11) is 3.93. The Morgan fingerprint density at radius 2 is 2.11 bits per heavy atom. The lowest BCUT2D eigenvalue weighted by molar-refractivity contribution is 0.143. The highest BCUT2D eigenvalue weighted by Crippen LogP contribution is 2.23. The van der Waals surface area contributed by atoms with Crippen LogP contribution >= 0.6 is 11.6 Å². The van der Waals surface area contributed by atoms with E-state index >= 15 is 0 Å². The molecule has 1 aromatic carbocycles. The lowest BCUT2D eigenvalue weighted by atomic mass is 10.2. The van der Waals surface area contributed by atoms with Gasteiger partial charge in [0.25, 0.3) is 0 Å². The summed E-state index contributed by atoms with van der Waals surface area (Å²) < 4.78 is 5.13. The molecule has 4 heteroatoms. The number of benzene rings is 1. The first kappa shape index (κ1) is 13.7. The number of rotatable bonds is 5. The van der Waals surface area contributed by atoms with Crippen molar-refractivity contribution < 1.29 is 4.74 Å². The lowest BCUT2D eigenvalue weighted by Gasteiger charge is -2.25. The molecule has 1 saturated heterocycles. The normalized spacial score (nSPS) is 19.8. The van der Waals surface area contributed by atoms with Gasteiger partial charge in [-0.05, 0) is 37.7 Å². The molecule has 0 bridgehead atoms. The zero-order chi connectivity index (χ0) is 13.0. The van der Waals surface area contributed by atoms with Gasteiger partial charge in [0, 0.05) is 43.5 Å². The molecular weight excluding hydrogens is 248 g/mol. The van der Waals surface area contributed by atoms with Gasteiger partial charge in [-0.2, -0.15) is 0 Å². The van der Waals surface area contributed by atoms with Gasteiger partial charge in [-0.25, -0.2) is 0 Å². The number of nitrogens with zero attached hydrogens (tertiary/aromatic N) is 2. The van der Waals surface area contributed by atoms with E-state index in [0.717, 1.165) is 31.3 Å². The molecular formula is C14H21ClN2O. The van der Waals surface area contributed by atoms with Crippen molar-refractivity contribution >= 4 is 17.3 Å². The van der Waals surface area contributed by atoms with E-state index in [2.05, 4.69) is 29.0 Å². The second-order valence-corrected chi connectivity index (χ2v) is 5.27. The number of halogens is 1. The van der Waals surface area contributed by atoms with Gasteiger partial charge in [-0.15, -0.1) is 0 Å². The number of methoxy groups -OCH3 is 1. The summed E-state index contributed by atoms with van der Waals surface area (Å²) >= 11 is 5.91. The van der Waals surface area contributed by atoms with E-state index in [0.29, 0.717) is 6.04 Å². The van der Waals surface area contributed by atoms with Crippen LogP contribution in [0.5, 0.6) is 0 Å². The standard InChI is InChI=1S/C14H21ClN2O/c1-16(9-10-18-2)14-7-8-17(11-14)13-5-3-12(15)4-6-13/h3-6,14H,7-11H2,1-2H3/t14-/m1/s1. The summed E-state index contributed by atoms with van der Waals surface area (Å²) in [4.78, 5) is 4.81. The first-order valence-corrected chi connectivity index (χ1v) is 6.78. The Morgan fingerprint density at radius 3 is 2.78 bits per heavy atom. The third-order valence-corrected chi connectivity index (χ3v) is 3.88. The minimum absolute atomic E-state index is 0.621. The van der Waals surface area contributed by atoms with E-state index in [1.54, 1.807) is 7.11 Å². The largest absolute Gasteiger partial charge is 0.383 e. The van der Waals surface area contributed by atoms with Gasteiger partial charge < -0.3 is 9.64 Å². The van der Waals surface area contributed by atoms with Crippen LogP contribution in [0.2, 0.25) is 5.02 Å². The molecule has 0 spiro atoms. The van der Waals surface area contributed by atoms with Crippen LogP contribution in [0.1, 0.15) is 6.42 Å². The van der Waals surface area contributed by atoms with Crippen molar-refractivity contribution in [2.24, 2.45) is 0 Å². The number of anilines is 1. The highest BCUT2D eigenvalue weighted by atomic mass is 35.5. The summed E-state index contributed by atoms with van der Waals surface area (Å²) in [5, 5.41) is 0.798. The van der Waals surface area contributed by atoms with Crippen molar-refractivity contribution in [1.29, 1.82) is 0 Å². The highest BCUT2D eigenvalue weighted by Gasteiger charge is 2.25. The molecule has 0 unspecified atom stereocenters. The Kier molecular flexibility index (Phi) is 4.87. The average molecular weight is 269 g/mol. The third-order valence-electron chi connectivity index (χ3n) is 3.63. The van der Waals surface area contributed by atoms with E-state index in [9.17, 15) is 0 Å². The molecule has 1 aliphatic heterocycles. The molecule has 0 N–H and O–H groups in total. The molecule has 1 heterocycles. The van der Waals surface area contributed by atoms with Gasteiger partial charge >= 0.3 is 0 Å². The fraction of sp³-hybridized carbons (Fsp3) is 0.571. The molecule has 0 aromatic heterocycles. The fourth-order valence-electron chi connectivity index (χ4n) is 2.41. The Balaban J connectivity index is 1.89. The van der Waals surface area contributed by atoms with Crippen LogP contribution in [-0.2, 0) is 4.74 Å². The van der Waals surface area contributed by atoms with Crippen molar-refractivity contribution in [2.45, 2.75) is 12.5 Å². The second-order valence-electron chi connectivity index (χ2n) is 4.84. The van der Waals surface area contributed by atoms with Crippen molar-refractivity contribution in [3.8, 4) is 0 Å². The molecule has 1 atom stereocenters. The maximum absolute atomic E-state index is 5.91. The summed E-state index contributed by atoms with van der Waals surface area (Å²) in [5.74, 6) is 0. The topological polar surface area (TPSA) is 15.7 Å². The molecule has 0 saturated carbocycles. The molecule has 3 nitrogen and oxygen atoms in total. The molecule has 18 heavy (non-hydrogen) atoms. The van der Waals surface area contributed by atoms with Crippen molar-refractivity contribution in [3.63, 3.8) is 0 Å². The van der Waals surface area contributed by atoms with Crippen molar-refractivity contribution in [3.05, 3.63) is 29.3 Å². The summed E-state index contributed by atoms with van der Waals surface area (Å²) in [6.45, 7) is 4.00. The summed E-state index contributed by atoms with van der Waals surface area (Å²) in [6, 6.07) is 8.73. The number of likely N-dealkylation sites (N-methyl/N-ethyl adjacent to an activating group) is 1. The van der Waals surface area contributed by atoms with Crippen molar-refractivity contribution in [1.82, 2.24) is 4.90 Å². The Morgan fingerprint density at radius 1 is 1.39 bits per heavy atom. The zero-order valence-corrected chi connectivity index (χ0v) is 11.9. The Hall–Kier alpha value is -0.770. The quantitative estimate of drug-likeness (QED) is 0.816. The predicted molar refractivity (Wildman–Crippen MR) is 76.6 cm³/mol. The van der Waals surface area contributed by atoms with E-state index in [4.69, 9.17) is 16.3 Å². The molecule has 1 fully saturated rings. The average Bonchev–Trinajstić information content (AvgIpc) is 2.86. The van der Waals surface area contributed by atoms with E-state index in [-0.39, 0.29) is 0 Å².